The fraction of sp³-hybridized carbons (Fsp3) is 0.0667. The van der Waals surface area contributed by atoms with E-state index in [1.165, 1.54) is 10.9 Å². The van der Waals surface area contributed by atoms with Gasteiger partial charge in [0.15, 0.2) is 0 Å². The first kappa shape index (κ1) is 10.6. The highest BCUT2D eigenvalue weighted by atomic mass is 16.6. The molecule has 1 aliphatic rings. The summed E-state index contributed by atoms with van der Waals surface area (Å²) in [5.41, 5.74) is 2.25. The Kier molecular flexibility index (Phi) is 2.12. The van der Waals surface area contributed by atoms with E-state index in [1.807, 2.05) is 43.4 Å². The van der Waals surface area contributed by atoms with E-state index < -0.39 is 0 Å². The van der Waals surface area contributed by atoms with E-state index in [9.17, 15) is 0 Å². The van der Waals surface area contributed by atoms with Crippen LogP contribution >= 0.6 is 0 Å². The van der Waals surface area contributed by atoms with Gasteiger partial charge in [0.25, 0.3) is 0 Å². The van der Waals surface area contributed by atoms with Gasteiger partial charge in [-0.05, 0) is 18.2 Å². The van der Waals surface area contributed by atoms with Gasteiger partial charge in [-0.25, -0.2) is 0 Å². The second-order valence-electron chi connectivity index (χ2n) is 4.73. The van der Waals surface area contributed by atoms with Gasteiger partial charge in [0.1, 0.15) is 11.5 Å². The quantitative estimate of drug-likeness (QED) is 0.618. The van der Waals surface area contributed by atoms with Crippen molar-refractivity contribution in [3.8, 4) is 11.5 Å². The van der Waals surface area contributed by atoms with Gasteiger partial charge in [0.05, 0.1) is 0 Å². The molecule has 19 heavy (non-hydrogen) atoms. The van der Waals surface area contributed by atoms with E-state index in [1.54, 1.807) is 0 Å². The molecule has 4 heteroatoms. The predicted molar refractivity (Wildman–Crippen MR) is 76.0 cm³/mol. The van der Waals surface area contributed by atoms with Gasteiger partial charge in [-0.15, -0.1) is 0 Å². The Morgan fingerprint density at radius 2 is 1.53 bits per heavy atom. The Morgan fingerprint density at radius 1 is 0.895 bits per heavy atom. The monoisotopic (exact) mass is 249 g/mol. The molecule has 0 bridgehead atoms. The summed E-state index contributed by atoms with van der Waals surface area (Å²) in [6.45, 7) is 0. The van der Waals surface area contributed by atoms with Crippen molar-refractivity contribution in [1.29, 1.82) is 0 Å². The van der Waals surface area contributed by atoms with E-state index in [4.69, 9.17) is 9.31 Å². The number of para-hydroxylation sites is 3. The third kappa shape index (κ3) is 1.53. The van der Waals surface area contributed by atoms with Gasteiger partial charge in [-0.1, -0.05) is 30.3 Å². The van der Waals surface area contributed by atoms with Crippen molar-refractivity contribution in [2.45, 2.75) is 0 Å². The minimum Gasteiger partial charge on any atom is -0.519 e. The summed E-state index contributed by atoms with van der Waals surface area (Å²) in [7, 11) is 1.68. The average molecular weight is 249 g/mol. The standard InChI is InChI=1S/C15H12BNO2/c1-17-10-12(11-6-2-3-7-13(11)17)16-18-14-8-4-5-9-15(14)19-16/h2-10H,1H3. The number of fused-ring (bicyclic) bond motifs is 2. The highest BCUT2D eigenvalue weighted by Crippen LogP contribution is 2.33. The molecule has 0 radical (unpaired) electrons. The SMILES string of the molecule is Cn1cc(B2Oc3ccccc3O2)c2ccccc21. The van der Waals surface area contributed by atoms with Crippen LogP contribution in [0.3, 0.4) is 0 Å². The van der Waals surface area contributed by atoms with Crippen LogP contribution in [0.1, 0.15) is 0 Å². The van der Waals surface area contributed by atoms with Crippen molar-refractivity contribution in [3.63, 3.8) is 0 Å². The van der Waals surface area contributed by atoms with Crippen molar-refractivity contribution in [2.75, 3.05) is 0 Å². The second-order valence-corrected chi connectivity index (χ2v) is 4.73. The van der Waals surface area contributed by atoms with E-state index in [0.717, 1.165) is 17.0 Å². The summed E-state index contributed by atoms with van der Waals surface area (Å²) in [5.74, 6) is 1.61. The molecule has 0 amide bonds. The van der Waals surface area contributed by atoms with Gasteiger partial charge >= 0.3 is 7.12 Å². The first-order chi connectivity index (χ1) is 9.33. The third-order valence-corrected chi connectivity index (χ3v) is 3.50. The zero-order chi connectivity index (χ0) is 12.8. The Morgan fingerprint density at radius 3 is 2.26 bits per heavy atom. The van der Waals surface area contributed by atoms with Crippen LogP contribution in [0, 0.1) is 0 Å². The number of benzene rings is 2. The number of rotatable bonds is 1. The fourth-order valence-corrected chi connectivity index (χ4v) is 2.59. The van der Waals surface area contributed by atoms with Crippen LogP contribution in [0.4, 0.5) is 0 Å². The number of aromatic nitrogens is 1. The highest BCUT2D eigenvalue weighted by molar-refractivity contribution is 6.66. The van der Waals surface area contributed by atoms with Gasteiger partial charge in [-0.2, -0.15) is 0 Å². The van der Waals surface area contributed by atoms with Gasteiger partial charge in [0.2, 0.25) is 0 Å². The molecular weight excluding hydrogens is 237 g/mol. The van der Waals surface area contributed by atoms with Crippen LogP contribution in [0.5, 0.6) is 11.5 Å². The lowest BCUT2D eigenvalue weighted by atomic mass is 9.79. The summed E-state index contributed by atoms with van der Waals surface area (Å²) in [6.07, 6.45) is 2.07. The first-order valence-electron chi connectivity index (χ1n) is 6.29. The molecule has 0 saturated carbocycles. The molecule has 0 fully saturated rings. The molecule has 1 aliphatic heterocycles. The van der Waals surface area contributed by atoms with Crippen LogP contribution < -0.4 is 14.8 Å². The van der Waals surface area contributed by atoms with Crippen LogP contribution in [-0.4, -0.2) is 11.7 Å². The normalized spacial score (nSPS) is 13.2. The Hall–Kier alpha value is -2.36. The number of hydrogen-bond donors (Lipinski definition) is 0. The summed E-state index contributed by atoms with van der Waals surface area (Å²) < 4.78 is 13.9. The van der Waals surface area contributed by atoms with Crippen molar-refractivity contribution < 1.29 is 9.31 Å². The number of nitrogens with zero attached hydrogens (tertiary/aromatic N) is 1. The van der Waals surface area contributed by atoms with Crippen LogP contribution in [0.15, 0.2) is 54.7 Å². The minimum absolute atomic E-state index is 0.358. The lowest BCUT2D eigenvalue weighted by molar-refractivity contribution is 0.519. The maximum atomic E-state index is 5.88. The lowest BCUT2D eigenvalue weighted by Crippen LogP contribution is -2.38. The molecule has 0 N–H and O–H groups in total. The first-order valence-corrected chi connectivity index (χ1v) is 6.29. The molecule has 0 atom stereocenters. The summed E-state index contributed by atoms with van der Waals surface area (Å²) >= 11 is 0. The average Bonchev–Trinajstić information content (AvgIpc) is 3.01. The number of hydrogen-bond acceptors (Lipinski definition) is 2. The molecule has 92 valence electrons. The molecule has 3 aromatic rings. The Bertz CT molecular complexity index is 741. The van der Waals surface area contributed by atoms with Gasteiger partial charge in [-0.3, -0.25) is 0 Å². The summed E-state index contributed by atoms with van der Waals surface area (Å²) in [4.78, 5) is 0. The fourth-order valence-electron chi connectivity index (χ4n) is 2.59. The van der Waals surface area contributed by atoms with E-state index in [2.05, 4.69) is 22.9 Å². The Balaban J connectivity index is 1.81. The molecule has 0 spiro atoms. The van der Waals surface area contributed by atoms with Crippen molar-refractivity contribution in [1.82, 2.24) is 4.57 Å². The second kappa shape index (κ2) is 3.82. The predicted octanol–water partition coefficient (Wildman–Crippen LogP) is 2.34. The number of aryl methyl sites for hydroxylation is 1. The molecule has 3 nitrogen and oxygen atoms in total. The zero-order valence-corrected chi connectivity index (χ0v) is 10.5. The Labute approximate surface area is 111 Å². The molecule has 1 aromatic heterocycles. The molecule has 0 aliphatic carbocycles. The maximum Gasteiger partial charge on any atom is 0.635 e. The smallest absolute Gasteiger partial charge is 0.519 e. The van der Waals surface area contributed by atoms with Crippen LogP contribution in [-0.2, 0) is 7.05 Å². The third-order valence-electron chi connectivity index (χ3n) is 3.50. The molecule has 0 unspecified atom stereocenters. The minimum atomic E-state index is -0.358. The molecule has 0 saturated heterocycles. The van der Waals surface area contributed by atoms with Crippen molar-refractivity contribution >= 4 is 23.5 Å². The van der Waals surface area contributed by atoms with Crippen molar-refractivity contribution in [2.24, 2.45) is 7.05 Å². The molecule has 2 aromatic carbocycles. The van der Waals surface area contributed by atoms with E-state index in [-0.39, 0.29) is 7.12 Å². The molecule has 4 rings (SSSR count). The van der Waals surface area contributed by atoms with Gasteiger partial charge in [0, 0.05) is 29.6 Å². The maximum absolute atomic E-state index is 5.88. The topological polar surface area (TPSA) is 23.4 Å². The highest BCUT2D eigenvalue weighted by Gasteiger charge is 2.36. The van der Waals surface area contributed by atoms with E-state index >= 15 is 0 Å². The van der Waals surface area contributed by atoms with Crippen LogP contribution in [0.2, 0.25) is 0 Å². The lowest BCUT2D eigenvalue weighted by Gasteiger charge is -2.02. The molecule has 2 heterocycles. The van der Waals surface area contributed by atoms with E-state index in [0.29, 0.717) is 0 Å². The largest absolute Gasteiger partial charge is 0.635 e. The summed E-state index contributed by atoms with van der Waals surface area (Å²) in [6, 6.07) is 16.0. The van der Waals surface area contributed by atoms with Crippen molar-refractivity contribution in [3.05, 3.63) is 54.7 Å². The zero-order valence-electron chi connectivity index (χ0n) is 10.5. The van der Waals surface area contributed by atoms with Gasteiger partial charge < -0.3 is 13.9 Å². The summed E-state index contributed by atoms with van der Waals surface area (Å²) in [5, 5.41) is 1.17. The molecular formula is C15H12BNO2. The van der Waals surface area contributed by atoms with Crippen LogP contribution in [0.25, 0.3) is 10.9 Å².